The number of carbonyl (C=O) groups excluding carboxylic acids is 1. The van der Waals surface area contributed by atoms with E-state index in [1.165, 1.54) is 18.3 Å². The Morgan fingerprint density at radius 2 is 1.90 bits per heavy atom. The van der Waals surface area contributed by atoms with E-state index in [1.54, 1.807) is 23.1 Å². The van der Waals surface area contributed by atoms with E-state index < -0.39 is 5.82 Å². The van der Waals surface area contributed by atoms with Crippen molar-refractivity contribution in [3.63, 3.8) is 0 Å². The quantitative estimate of drug-likeness (QED) is 0.572. The van der Waals surface area contributed by atoms with Crippen LogP contribution in [0, 0.1) is 5.82 Å². The van der Waals surface area contributed by atoms with Crippen LogP contribution in [0.1, 0.15) is 21.5 Å². The maximum atomic E-state index is 13.4. The Hall–Kier alpha value is -2.63. The lowest BCUT2D eigenvalue weighted by molar-refractivity contribution is 0.0562. The highest BCUT2D eigenvalue weighted by molar-refractivity contribution is 6.42. The molecule has 0 saturated heterocycles. The van der Waals surface area contributed by atoms with Crippen LogP contribution in [0.3, 0.4) is 0 Å². The highest BCUT2D eigenvalue weighted by atomic mass is 35.5. The second-order valence-electron chi connectivity index (χ2n) is 6.81. The molecule has 29 heavy (non-hydrogen) atoms. The fraction of sp³-hybridized carbons (Fsp3) is 0.182. The lowest BCUT2D eigenvalue weighted by atomic mass is 9.93. The summed E-state index contributed by atoms with van der Waals surface area (Å²) < 4.78 is 19.1. The molecular formula is C22H17Cl2FN2O2. The van der Waals surface area contributed by atoms with Crippen molar-refractivity contribution < 1.29 is 13.9 Å². The number of pyridine rings is 1. The van der Waals surface area contributed by atoms with Gasteiger partial charge >= 0.3 is 0 Å². The van der Waals surface area contributed by atoms with Crippen LogP contribution in [0.4, 0.5) is 4.39 Å². The van der Waals surface area contributed by atoms with Gasteiger partial charge in [-0.3, -0.25) is 4.79 Å². The molecular weight excluding hydrogens is 414 g/mol. The maximum Gasteiger partial charge on any atom is 0.254 e. The van der Waals surface area contributed by atoms with Gasteiger partial charge in [0.05, 0.1) is 16.1 Å². The molecule has 1 aromatic heterocycles. The van der Waals surface area contributed by atoms with Crippen molar-refractivity contribution in [3.8, 4) is 5.88 Å². The van der Waals surface area contributed by atoms with E-state index in [4.69, 9.17) is 27.9 Å². The van der Waals surface area contributed by atoms with Gasteiger partial charge in [0.1, 0.15) is 12.4 Å². The number of carbonyl (C=O) groups is 1. The summed E-state index contributed by atoms with van der Waals surface area (Å²) in [4.78, 5) is 19.0. The van der Waals surface area contributed by atoms with Gasteiger partial charge in [0, 0.05) is 24.4 Å². The number of benzene rings is 2. The van der Waals surface area contributed by atoms with Crippen LogP contribution in [0.15, 0.2) is 60.8 Å². The number of aromatic nitrogens is 1. The van der Waals surface area contributed by atoms with Crippen LogP contribution in [0.5, 0.6) is 5.88 Å². The number of ether oxygens (including phenoxy) is 1. The summed E-state index contributed by atoms with van der Waals surface area (Å²) in [6, 6.07) is 15.1. The number of nitrogens with zero attached hydrogens (tertiary/aromatic N) is 2. The summed E-state index contributed by atoms with van der Waals surface area (Å²) in [5.74, 6) is -0.405. The van der Waals surface area contributed by atoms with Gasteiger partial charge in [-0.25, -0.2) is 9.37 Å². The zero-order valence-corrected chi connectivity index (χ0v) is 16.8. The Kier molecular flexibility index (Phi) is 5.69. The molecule has 0 N–H and O–H groups in total. The number of rotatable bonds is 4. The number of hydrogen-bond donors (Lipinski definition) is 0. The van der Waals surface area contributed by atoms with E-state index in [0.29, 0.717) is 28.6 Å². The third-order valence-corrected chi connectivity index (χ3v) is 5.64. The van der Waals surface area contributed by atoms with Crippen LogP contribution in [-0.4, -0.2) is 28.4 Å². The average molecular weight is 431 g/mol. The highest BCUT2D eigenvalue weighted by Crippen LogP contribution is 2.28. The summed E-state index contributed by atoms with van der Waals surface area (Å²) in [7, 11) is 0. The van der Waals surface area contributed by atoms with Crippen molar-refractivity contribution in [2.45, 2.75) is 19.0 Å². The third-order valence-electron chi connectivity index (χ3n) is 4.90. The molecule has 0 aliphatic carbocycles. The first-order valence-electron chi connectivity index (χ1n) is 9.08. The second-order valence-corrected chi connectivity index (χ2v) is 7.63. The van der Waals surface area contributed by atoms with E-state index in [1.807, 2.05) is 24.3 Å². The molecule has 0 saturated carbocycles. The Morgan fingerprint density at radius 3 is 2.66 bits per heavy atom. The van der Waals surface area contributed by atoms with Crippen LogP contribution < -0.4 is 4.74 Å². The molecule has 1 aliphatic rings. The first kappa shape index (κ1) is 19.7. The molecule has 0 radical (unpaired) electrons. The minimum absolute atomic E-state index is 0.168. The number of halogens is 3. The van der Waals surface area contributed by atoms with E-state index in [0.717, 1.165) is 11.1 Å². The third kappa shape index (κ3) is 4.36. The Morgan fingerprint density at radius 1 is 1.10 bits per heavy atom. The maximum absolute atomic E-state index is 13.4. The normalized spacial score (nSPS) is 15.7. The van der Waals surface area contributed by atoms with Crippen molar-refractivity contribution in [3.05, 3.63) is 93.3 Å². The molecule has 0 bridgehead atoms. The summed E-state index contributed by atoms with van der Waals surface area (Å²) in [5, 5.41) is 0.718. The van der Waals surface area contributed by atoms with Crippen molar-refractivity contribution >= 4 is 29.1 Å². The van der Waals surface area contributed by atoms with Crippen molar-refractivity contribution in [1.82, 2.24) is 9.88 Å². The second kappa shape index (κ2) is 8.39. The van der Waals surface area contributed by atoms with Gasteiger partial charge in [0.2, 0.25) is 5.88 Å². The minimum atomic E-state index is -0.423. The molecule has 7 heteroatoms. The molecule has 0 unspecified atom stereocenters. The predicted octanol–water partition coefficient (Wildman–Crippen LogP) is 5.17. The van der Waals surface area contributed by atoms with Crippen LogP contribution in [0.25, 0.3) is 0 Å². The molecule has 4 nitrogen and oxygen atoms in total. The van der Waals surface area contributed by atoms with E-state index in [-0.39, 0.29) is 24.4 Å². The Labute approximate surface area is 177 Å². The first-order valence-corrected chi connectivity index (χ1v) is 9.84. The van der Waals surface area contributed by atoms with Gasteiger partial charge in [-0.2, -0.15) is 0 Å². The molecule has 148 valence electrons. The number of fused-ring (bicyclic) bond motifs is 1. The zero-order valence-electron chi connectivity index (χ0n) is 15.3. The average Bonchev–Trinajstić information content (AvgIpc) is 2.73. The van der Waals surface area contributed by atoms with Crippen LogP contribution in [0.2, 0.25) is 10.0 Å². The van der Waals surface area contributed by atoms with Gasteiger partial charge in [-0.15, -0.1) is 0 Å². The highest BCUT2D eigenvalue weighted by Gasteiger charge is 2.31. The SMILES string of the molecule is O=C(c1ccc(Cl)c(Cl)c1)N1Cc2ccccc2C[C@H]1COc1cc(F)ccn1. The predicted molar refractivity (Wildman–Crippen MR) is 110 cm³/mol. The first-order chi connectivity index (χ1) is 14.0. The lowest BCUT2D eigenvalue weighted by Gasteiger charge is -2.36. The molecule has 1 amide bonds. The minimum Gasteiger partial charge on any atom is -0.475 e. The summed E-state index contributed by atoms with van der Waals surface area (Å²) in [5.41, 5.74) is 2.69. The zero-order chi connectivity index (χ0) is 20.4. The molecule has 0 fully saturated rings. The molecule has 3 aromatic rings. The number of hydrogen-bond acceptors (Lipinski definition) is 3. The lowest BCUT2D eigenvalue weighted by Crippen LogP contribution is -2.47. The van der Waals surface area contributed by atoms with E-state index in [2.05, 4.69) is 4.98 Å². The molecule has 2 heterocycles. The molecule has 2 aromatic carbocycles. The fourth-order valence-electron chi connectivity index (χ4n) is 3.41. The largest absolute Gasteiger partial charge is 0.475 e. The van der Waals surface area contributed by atoms with Crippen molar-refractivity contribution in [2.24, 2.45) is 0 Å². The Bertz CT molecular complexity index is 1060. The standard InChI is InChI=1S/C22H17Cl2FN2O2/c23-19-6-5-15(10-20(19)24)22(28)27-12-16-4-2-1-3-14(16)9-18(27)13-29-21-11-17(25)7-8-26-21/h1-8,10-11,18H,9,12-13H2/t18-/m0/s1. The summed E-state index contributed by atoms with van der Waals surface area (Å²) >= 11 is 12.1. The summed E-state index contributed by atoms with van der Waals surface area (Å²) in [6.45, 7) is 0.637. The number of amides is 1. The monoisotopic (exact) mass is 430 g/mol. The van der Waals surface area contributed by atoms with Gasteiger partial charge in [0.25, 0.3) is 5.91 Å². The molecule has 1 aliphatic heterocycles. The van der Waals surface area contributed by atoms with Gasteiger partial charge in [0.15, 0.2) is 0 Å². The Balaban J connectivity index is 1.60. The van der Waals surface area contributed by atoms with Crippen molar-refractivity contribution in [2.75, 3.05) is 6.61 Å². The fourth-order valence-corrected chi connectivity index (χ4v) is 3.71. The molecule has 0 spiro atoms. The molecule has 4 rings (SSSR count). The van der Waals surface area contributed by atoms with Crippen molar-refractivity contribution in [1.29, 1.82) is 0 Å². The van der Waals surface area contributed by atoms with Gasteiger partial charge in [-0.1, -0.05) is 47.5 Å². The smallest absolute Gasteiger partial charge is 0.254 e. The topological polar surface area (TPSA) is 42.4 Å². The summed E-state index contributed by atoms with van der Waals surface area (Å²) in [6.07, 6.45) is 1.97. The van der Waals surface area contributed by atoms with E-state index in [9.17, 15) is 9.18 Å². The van der Waals surface area contributed by atoms with Gasteiger partial charge < -0.3 is 9.64 Å². The van der Waals surface area contributed by atoms with Crippen LogP contribution in [-0.2, 0) is 13.0 Å². The van der Waals surface area contributed by atoms with E-state index >= 15 is 0 Å². The molecule has 1 atom stereocenters. The van der Waals surface area contributed by atoms with Crippen LogP contribution >= 0.6 is 23.2 Å². The van der Waals surface area contributed by atoms with Gasteiger partial charge in [-0.05, 0) is 41.8 Å².